The van der Waals surface area contributed by atoms with E-state index in [1.54, 1.807) is 42.5 Å². The van der Waals surface area contributed by atoms with Crippen LogP contribution in [0.25, 0.3) is 0 Å². The molecular formula is C30H34F3N5O. The van der Waals surface area contributed by atoms with Gasteiger partial charge in [-0.3, -0.25) is 9.79 Å². The fourth-order valence-electron chi connectivity index (χ4n) is 3.96. The second kappa shape index (κ2) is 14.0. The number of rotatable bonds is 11. The number of anilines is 2. The number of halogens is 3. The van der Waals surface area contributed by atoms with Crippen LogP contribution in [0.1, 0.15) is 43.4 Å². The highest BCUT2D eigenvalue weighted by atomic mass is 19.4. The van der Waals surface area contributed by atoms with E-state index >= 15 is 0 Å². The zero-order valence-electron chi connectivity index (χ0n) is 22.1. The van der Waals surface area contributed by atoms with Crippen LogP contribution in [0.3, 0.4) is 0 Å². The summed E-state index contributed by atoms with van der Waals surface area (Å²) in [7, 11) is 0. The third kappa shape index (κ3) is 9.21. The van der Waals surface area contributed by atoms with Gasteiger partial charge in [0.2, 0.25) is 5.91 Å². The molecule has 0 heterocycles. The first-order valence-electron chi connectivity index (χ1n) is 12.8. The van der Waals surface area contributed by atoms with Crippen LogP contribution in [-0.2, 0) is 17.5 Å². The van der Waals surface area contributed by atoms with Gasteiger partial charge in [-0.1, -0.05) is 55.5 Å². The van der Waals surface area contributed by atoms with Crippen molar-refractivity contribution in [3.05, 3.63) is 107 Å². The Labute approximate surface area is 227 Å². The predicted molar refractivity (Wildman–Crippen MR) is 151 cm³/mol. The Kier molecular flexibility index (Phi) is 10.5. The van der Waals surface area contributed by atoms with Crippen LogP contribution in [0.15, 0.2) is 95.6 Å². The number of amidine groups is 1. The van der Waals surface area contributed by atoms with Gasteiger partial charge in [-0.05, 0) is 49.2 Å². The minimum absolute atomic E-state index is 0.0641. The molecule has 0 radical (unpaired) electrons. The summed E-state index contributed by atoms with van der Waals surface area (Å²) in [5, 5.41) is 9.45. The number of nitrogens with zero attached hydrogens (tertiary/aromatic N) is 1. The maximum atomic E-state index is 13.5. The van der Waals surface area contributed by atoms with Crippen molar-refractivity contribution in [3.8, 4) is 0 Å². The van der Waals surface area contributed by atoms with Crippen molar-refractivity contribution in [3.63, 3.8) is 0 Å². The summed E-state index contributed by atoms with van der Waals surface area (Å²) in [4.78, 5) is 17.2. The maximum absolute atomic E-state index is 13.5. The largest absolute Gasteiger partial charge is 0.416 e. The lowest BCUT2D eigenvalue weighted by Crippen LogP contribution is -2.36. The third-order valence-corrected chi connectivity index (χ3v) is 5.80. The smallest absolute Gasteiger partial charge is 0.398 e. The van der Waals surface area contributed by atoms with Crippen molar-refractivity contribution in [1.29, 1.82) is 0 Å². The summed E-state index contributed by atoms with van der Waals surface area (Å²) < 4.78 is 40.6. The molecule has 0 bridgehead atoms. The molecule has 0 saturated heterocycles. The van der Waals surface area contributed by atoms with Crippen molar-refractivity contribution in [2.45, 2.75) is 45.5 Å². The molecule has 5 N–H and O–H groups in total. The van der Waals surface area contributed by atoms with Crippen LogP contribution in [0.2, 0.25) is 0 Å². The quantitative estimate of drug-likeness (QED) is 0.103. The molecule has 0 fully saturated rings. The van der Waals surface area contributed by atoms with Crippen LogP contribution in [0, 0.1) is 0 Å². The Hall–Kier alpha value is -4.27. The highest BCUT2D eigenvalue weighted by Gasteiger charge is 2.32. The van der Waals surface area contributed by atoms with Gasteiger partial charge < -0.3 is 21.7 Å². The topological polar surface area (TPSA) is 91.5 Å². The lowest BCUT2D eigenvalue weighted by Gasteiger charge is -2.21. The number of nitrogen functional groups attached to an aromatic ring is 1. The van der Waals surface area contributed by atoms with E-state index in [1.807, 2.05) is 32.0 Å². The van der Waals surface area contributed by atoms with Crippen molar-refractivity contribution >= 4 is 23.1 Å². The first-order valence-corrected chi connectivity index (χ1v) is 12.8. The van der Waals surface area contributed by atoms with E-state index in [2.05, 4.69) is 20.9 Å². The molecule has 3 rings (SSSR count). The molecule has 1 atom stereocenters. The molecule has 0 spiro atoms. The van der Waals surface area contributed by atoms with E-state index < -0.39 is 11.7 Å². The standard InChI is InChI=1S/C30H34F3N5O/c1-3-17-35-24(19-28(39)38-23-12-5-4-6-13-23)18-21(2)37-29(25-14-8-10-16-27(25)34)36-20-22-11-7-9-15-26(22)30(31,32)33/h4-16,19,21,35H,3,17-18,20,34H2,1-2H3,(H,36,37)(H,38,39)/b24-19+. The van der Waals surface area contributed by atoms with Gasteiger partial charge >= 0.3 is 6.18 Å². The molecule has 6 nitrogen and oxygen atoms in total. The monoisotopic (exact) mass is 537 g/mol. The number of hydrogen-bond donors (Lipinski definition) is 4. The SMILES string of the molecule is CCCN/C(=C/C(=O)Nc1ccccc1)CC(C)NC(=NCc1ccccc1C(F)(F)F)c1ccccc1N. The lowest BCUT2D eigenvalue weighted by molar-refractivity contribution is -0.138. The number of benzene rings is 3. The van der Waals surface area contributed by atoms with Gasteiger partial charge in [0.05, 0.1) is 12.1 Å². The van der Waals surface area contributed by atoms with E-state index in [9.17, 15) is 18.0 Å². The van der Waals surface area contributed by atoms with Gasteiger partial charge in [0, 0.05) is 47.7 Å². The molecule has 9 heteroatoms. The molecule has 39 heavy (non-hydrogen) atoms. The number of alkyl halides is 3. The van der Waals surface area contributed by atoms with Crippen molar-refractivity contribution in [1.82, 2.24) is 10.6 Å². The number of hydrogen-bond acceptors (Lipinski definition) is 4. The van der Waals surface area contributed by atoms with Gasteiger partial charge in [0.1, 0.15) is 5.84 Å². The van der Waals surface area contributed by atoms with Crippen LogP contribution in [0.4, 0.5) is 24.5 Å². The lowest BCUT2D eigenvalue weighted by atomic mass is 10.1. The van der Waals surface area contributed by atoms with Gasteiger partial charge in [0.15, 0.2) is 0 Å². The molecule has 0 saturated carbocycles. The molecule has 3 aromatic rings. The van der Waals surface area contributed by atoms with E-state index in [-0.39, 0.29) is 24.1 Å². The Bertz CT molecular complexity index is 1290. The zero-order valence-corrected chi connectivity index (χ0v) is 22.1. The molecule has 0 aliphatic rings. The zero-order chi connectivity index (χ0) is 28.3. The second-order valence-corrected chi connectivity index (χ2v) is 9.11. The van der Waals surface area contributed by atoms with Crippen LogP contribution >= 0.6 is 0 Å². The fraction of sp³-hybridized carbons (Fsp3) is 0.267. The number of carbonyl (C=O) groups is 1. The maximum Gasteiger partial charge on any atom is 0.416 e. The summed E-state index contributed by atoms with van der Waals surface area (Å²) >= 11 is 0. The Morgan fingerprint density at radius 1 is 1.00 bits per heavy atom. The van der Waals surface area contributed by atoms with Crippen molar-refractivity contribution < 1.29 is 18.0 Å². The molecule has 1 unspecified atom stereocenters. The number of para-hydroxylation sites is 2. The van der Waals surface area contributed by atoms with Crippen LogP contribution in [-0.4, -0.2) is 24.3 Å². The van der Waals surface area contributed by atoms with Gasteiger partial charge in [-0.2, -0.15) is 13.2 Å². The van der Waals surface area contributed by atoms with Crippen LogP contribution in [0.5, 0.6) is 0 Å². The number of nitrogens with two attached hydrogens (primary N) is 1. The van der Waals surface area contributed by atoms with Crippen LogP contribution < -0.4 is 21.7 Å². The Morgan fingerprint density at radius 2 is 1.67 bits per heavy atom. The van der Waals surface area contributed by atoms with Gasteiger partial charge in [-0.15, -0.1) is 0 Å². The molecule has 206 valence electrons. The summed E-state index contributed by atoms with van der Waals surface area (Å²) in [6.45, 7) is 4.43. The summed E-state index contributed by atoms with van der Waals surface area (Å²) in [5.74, 6) is 0.109. The van der Waals surface area contributed by atoms with Gasteiger partial charge in [-0.25, -0.2) is 0 Å². The van der Waals surface area contributed by atoms with Crippen molar-refractivity contribution in [2.24, 2.45) is 4.99 Å². The molecule has 3 aromatic carbocycles. The predicted octanol–water partition coefficient (Wildman–Crippen LogP) is 6.12. The van der Waals surface area contributed by atoms with E-state index in [1.165, 1.54) is 18.2 Å². The minimum atomic E-state index is -4.48. The van der Waals surface area contributed by atoms with Crippen molar-refractivity contribution in [2.75, 3.05) is 17.6 Å². The van der Waals surface area contributed by atoms with E-state index in [0.717, 1.165) is 12.5 Å². The third-order valence-electron chi connectivity index (χ3n) is 5.80. The number of nitrogens with one attached hydrogen (secondary N) is 3. The highest BCUT2D eigenvalue weighted by Crippen LogP contribution is 2.32. The second-order valence-electron chi connectivity index (χ2n) is 9.11. The minimum Gasteiger partial charge on any atom is -0.398 e. The summed E-state index contributed by atoms with van der Waals surface area (Å²) in [6, 6.07) is 21.4. The molecule has 1 amide bonds. The average molecular weight is 538 g/mol. The number of amides is 1. The molecular weight excluding hydrogens is 503 g/mol. The Morgan fingerprint density at radius 3 is 2.36 bits per heavy atom. The number of aliphatic imine (C=N–C) groups is 1. The van der Waals surface area contributed by atoms with E-state index in [0.29, 0.717) is 41.4 Å². The summed E-state index contributed by atoms with van der Waals surface area (Å²) in [5.41, 5.74) is 7.97. The fourth-order valence-corrected chi connectivity index (χ4v) is 3.96. The molecule has 0 aromatic heterocycles. The number of carbonyl (C=O) groups excluding carboxylic acids is 1. The van der Waals surface area contributed by atoms with Gasteiger partial charge in [0.25, 0.3) is 0 Å². The molecule has 0 aliphatic carbocycles. The molecule has 0 aliphatic heterocycles. The average Bonchev–Trinajstić information content (AvgIpc) is 2.90. The first kappa shape index (κ1) is 29.3. The summed E-state index contributed by atoms with van der Waals surface area (Å²) in [6.07, 6.45) is -1.66. The Balaban J connectivity index is 1.83. The van der Waals surface area contributed by atoms with E-state index in [4.69, 9.17) is 5.73 Å². The normalized spacial score (nSPS) is 13.1. The highest BCUT2D eigenvalue weighted by molar-refractivity contribution is 6.03. The first-order chi connectivity index (χ1) is 18.7.